The van der Waals surface area contributed by atoms with Crippen molar-refractivity contribution in [3.8, 4) is 0 Å². The molecule has 0 aromatic rings. The number of thiol groups is 1. The highest BCUT2D eigenvalue weighted by atomic mass is 32.1. The average Bonchev–Trinajstić information content (AvgIpc) is 2.06. The fourth-order valence-electron chi connectivity index (χ4n) is 1.39. The Morgan fingerprint density at radius 1 is 1.56 bits per heavy atom. The Kier molecular flexibility index (Phi) is 4.07. The van der Waals surface area contributed by atoms with Gasteiger partial charge in [-0.1, -0.05) is 13.0 Å². The maximum atomic E-state index is 11.9. The summed E-state index contributed by atoms with van der Waals surface area (Å²) in [7, 11) is 0. The molecule has 6 heteroatoms. The summed E-state index contributed by atoms with van der Waals surface area (Å²) in [5.74, 6) is -1.05. The molecule has 1 amide bonds. The molecule has 2 nitrogen and oxygen atoms in total. The summed E-state index contributed by atoms with van der Waals surface area (Å²) in [4.78, 5) is 11.9. The van der Waals surface area contributed by atoms with Gasteiger partial charge >= 0.3 is 6.18 Å². The summed E-state index contributed by atoms with van der Waals surface area (Å²) >= 11 is 4.14. The van der Waals surface area contributed by atoms with E-state index in [9.17, 15) is 18.0 Å². The second kappa shape index (κ2) is 4.95. The van der Waals surface area contributed by atoms with Gasteiger partial charge in [0.05, 0.1) is 0 Å². The molecule has 0 radical (unpaired) electrons. The predicted octanol–water partition coefficient (Wildman–Crippen LogP) is 2.79. The second-order valence-corrected chi connectivity index (χ2v) is 4.30. The van der Waals surface area contributed by atoms with E-state index in [0.29, 0.717) is 12.1 Å². The molecule has 0 fully saturated rings. The quantitative estimate of drug-likeness (QED) is 0.726. The highest BCUT2D eigenvalue weighted by molar-refractivity contribution is 7.84. The molecule has 0 saturated heterocycles. The number of carbonyl (C=O) groups excluding carboxylic acids is 1. The number of allylic oxidation sites excluding steroid dienone is 4. The molecule has 0 aromatic heterocycles. The molecular weight excluding hydrogens is 239 g/mol. The molecule has 1 unspecified atom stereocenters. The Morgan fingerprint density at radius 3 is 2.69 bits per heavy atom. The minimum Gasteiger partial charge on any atom is -0.329 e. The van der Waals surface area contributed by atoms with Crippen LogP contribution in [0.2, 0.25) is 0 Å². The van der Waals surface area contributed by atoms with Crippen LogP contribution in [0.3, 0.4) is 0 Å². The van der Waals surface area contributed by atoms with Crippen molar-refractivity contribution in [2.24, 2.45) is 5.92 Å². The van der Waals surface area contributed by atoms with Gasteiger partial charge in [0.2, 0.25) is 5.91 Å². The molecule has 0 spiro atoms. The molecular formula is C10H12F3NOS. The first-order valence-electron chi connectivity index (χ1n) is 4.74. The van der Waals surface area contributed by atoms with Crippen LogP contribution in [0.4, 0.5) is 13.2 Å². The second-order valence-electron chi connectivity index (χ2n) is 3.73. The van der Waals surface area contributed by atoms with Crippen LogP contribution in [-0.2, 0) is 4.79 Å². The Morgan fingerprint density at radius 2 is 2.19 bits per heavy atom. The number of alkyl halides is 3. The molecule has 16 heavy (non-hydrogen) atoms. The van der Waals surface area contributed by atoms with E-state index in [2.05, 4.69) is 17.9 Å². The SMILES string of the molecule is CC1CC(S)=CC=C1NC(=O)CC(F)(F)F. The number of rotatable bonds is 2. The van der Waals surface area contributed by atoms with E-state index in [1.165, 1.54) is 0 Å². The first kappa shape index (κ1) is 13.2. The lowest BCUT2D eigenvalue weighted by Crippen LogP contribution is -2.30. The van der Waals surface area contributed by atoms with E-state index in [-0.39, 0.29) is 5.92 Å². The van der Waals surface area contributed by atoms with Crippen LogP contribution in [0.25, 0.3) is 0 Å². The van der Waals surface area contributed by atoms with Crippen LogP contribution in [-0.4, -0.2) is 12.1 Å². The number of nitrogens with one attached hydrogen (secondary N) is 1. The van der Waals surface area contributed by atoms with Crippen molar-refractivity contribution in [2.45, 2.75) is 25.9 Å². The highest BCUT2D eigenvalue weighted by Gasteiger charge is 2.31. The molecule has 1 aliphatic rings. The van der Waals surface area contributed by atoms with Crippen molar-refractivity contribution in [3.63, 3.8) is 0 Å². The molecule has 0 aromatic carbocycles. The monoisotopic (exact) mass is 251 g/mol. The lowest BCUT2D eigenvalue weighted by atomic mass is 9.98. The standard InChI is InChI=1S/C10H12F3NOS/c1-6-4-7(16)2-3-8(6)14-9(15)5-10(11,12)13/h2-3,6,16H,4-5H2,1H3,(H,14,15). The van der Waals surface area contributed by atoms with E-state index in [0.717, 1.165) is 4.91 Å². The molecule has 0 heterocycles. The van der Waals surface area contributed by atoms with E-state index >= 15 is 0 Å². The Balaban J connectivity index is 2.58. The lowest BCUT2D eigenvalue weighted by molar-refractivity contribution is -0.153. The predicted molar refractivity (Wildman–Crippen MR) is 57.7 cm³/mol. The Labute approximate surface area is 97.0 Å². The van der Waals surface area contributed by atoms with Crippen molar-refractivity contribution >= 4 is 18.5 Å². The van der Waals surface area contributed by atoms with Crippen LogP contribution in [0.5, 0.6) is 0 Å². The normalized spacial score (nSPS) is 21.2. The zero-order chi connectivity index (χ0) is 12.3. The number of halogens is 3. The molecule has 1 rings (SSSR count). The topological polar surface area (TPSA) is 29.1 Å². The summed E-state index contributed by atoms with van der Waals surface area (Å²) in [6, 6.07) is 0. The minimum absolute atomic E-state index is 0.0188. The number of hydrogen-bond acceptors (Lipinski definition) is 2. The van der Waals surface area contributed by atoms with Crippen molar-refractivity contribution in [1.29, 1.82) is 0 Å². The molecule has 1 N–H and O–H groups in total. The zero-order valence-corrected chi connectivity index (χ0v) is 9.53. The summed E-state index contributed by atoms with van der Waals surface area (Å²) in [5, 5.41) is 2.27. The van der Waals surface area contributed by atoms with Crippen LogP contribution < -0.4 is 5.32 Å². The molecule has 0 bridgehead atoms. The van der Waals surface area contributed by atoms with Gasteiger partial charge < -0.3 is 5.32 Å². The highest BCUT2D eigenvalue weighted by Crippen LogP contribution is 2.26. The first-order valence-corrected chi connectivity index (χ1v) is 5.19. The van der Waals surface area contributed by atoms with Gasteiger partial charge in [0.15, 0.2) is 0 Å². The first-order chi connectivity index (χ1) is 7.28. The van der Waals surface area contributed by atoms with Crippen LogP contribution in [0.1, 0.15) is 19.8 Å². The molecule has 1 aliphatic carbocycles. The van der Waals surface area contributed by atoms with Crippen LogP contribution in [0.15, 0.2) is 22.8 Å². The van der Waals surface area contributed by atoms with Crippen LogP contribution >= 0.6 is 12.6 Å². The fraction of sp³-hybridized carbons (Fsp3) is 0.500. The van der Waals surface area contributed by atoms with Crippen molar-refractivity contribution < 1.29 is 18.0 Å². The average molecular weight is 251 g/mol. The van der Waals surface area contributed by atoms with Gasteiger partial charge in [-0.2, -0.15) is 13.2 Å². The number of hydrogen-bond donors (Lipinski definition) is 2. The van der Waals surface area contributed by atoms with Crippen molar-refractivity contribution in [1.82, 2.24) is 5.32 Å². The third-order valence-corrected chi connectivity index (χ3v) is 2.48. The van der Waals surface area contributed by atoms with Crippen LogP contribution in [0, 0.1) is 5.92 Å². The minimum atomic E-state index is -4.47. The van der Waals surface area contributed by atoms with E-state index in [1.807, 2.05) is 6.92 Å². The van der Waals surface area contributed by atoms with Gasteiger partial charge in [0, 0.05) is 11.6 Å². The van der Waals surface area contributed by atoms with Crippen molar-refractivity contribution in [2.75, 3.05) is 0 Å². The van der Waals surface area contributed by atoms with E-state index < -0.39 is 18.5 Å². The maximum absolute atomic E-state index is 11.9. The molecule has 0 aliphatic heterocycles. The third kappa shape index (κ3) is 4.30. The lowest BCUT2D eigenvalue weighted by Gasteiger charge is -2.20. The fourth-order valence-corrected chi connectivity index (χ4v) is 1.74. The summed E-state index contributed by atoms with van der Waals surface area (Å²) in [6.07, 6.45) is -2.03. The van der Waals surface area contributed by atoms with Gasteiger partial charge in [-0.25, -0.2) is 0 Å². The largest absolute Gasteiger partial charge is 0.397 e. The third-order valence-electron chi connectivity index (χ3n) is 2.15. The van der Waals surface area contributed by atoms with E-state index in [1.54, 1.807) is 12.2 Å². The summed E-state index contributed by atoms with van der Waals surface area (Å²) in [5.41, 5.74) is 0.507. The molecule has 90 valence electrons. The van der Waals surface area contributed by atoms with Gasteiger partial charge in [-0.05, 0) is 17.4 Å². The number of amides is 1. The van der Waals surface area contributed by atoms with Gasteiger partial charge in [0.1, 0.15) is 6.42 Å². The molecule has 0 saturated carbocycles. The van der Waals surface area contributed by atoms with Gasteiger partial charge in [-0.3, -0.25) is 4.79 Å². The number of carbonyl (C=O) groups is 1. The smallest absolute Gasteiger partial charge is 0.329 e. The Bertz CT molecular complexity index is 346. The van der Waals surface area contributed by atoms with E-state index in [4.69, 9.17) is 0 Å². The summed E-state index contributed by atoms with van der Waals surface area (Å²) in [6.45, 7) is 1.82. The zero-order valence-electron chi connectivity index (χ0n) is 8.64. The maximum Gasteiger partial charge on any atom is 0.397 e. The van der Waals surface area contributed by atoms with Crippen molar-refractivity contribution in [3.05, 3.63) is 22.8 Å². The van der Waals surface area contributed by atoms with Gasteiger partial charge in [0.25, 0.3) is 0 Å². The summed E-state index contributed by atoms with van der Waals surface area (Å²) < 4.78 is 35.7. The Hall–Kier alpha value is -0.910. The molecule has 1 atom stereocenters. The van der Waals surface area contributed by atoms with Gasteiger partial charge in [-0.15, -0.1) is 12.6 Å².